The third-order valence-electron chi connectivity index (χ3n) is 1.98. The molecule has 1 aromatic heterocycles. The van der Waals surface area contributed by atoms with Gasteiger partial charge in [-0.2, -0.15) is 4.98 Å². The number of nitrogens with zero attached hydrogens (tertiary/aromatic N) is 2. The molecule has 82 valence electrons. The van der Waals surface area contributed by atoms with Crippen molar-refractivity contribution < 1.29 is 14.1 Å². The van der Waals surface area contributed by atoms with Gasteiger partial charge in [0.2, 0.25) is 5.82 Å². The van der Waals surface area contributed by atoms with Crippen LogP contribution in [0.25, 0.3) is 11.4 Å². The van der Waals surface area contributed by atoms with Crippen molar-refractivity contribution in [3.8, 4) is 17.1 Å². The third kappa shape index (κ3) is 1.72. The molecule has 16 heavy (non-hydrogen) atoms. The van der Waals surface area contributed by atoms with Crippen molar-refractivity contribution in [2.24, 2.45) is 5.73 Å². The Bertz CT molecular complexity index is 522. The molecule has 0 aliphatic carbocycles. The molecule has 0 bridgehead atoms. The summed E-state index contributed by atoms with van der Waals surface area (Å²) in [5.41, 5.74) is 5.65. The number of carbonyl (C=O) groups is 1. The first-order valence-corrected chi connectivity index (χ1v) is 4.49. The van der Waals surface area contributed by atoms with Crippen LogP contribution in [0.15, 0.2) is 28.8 Å². The molecule has 0 atom stereocenters. The van der Waals surface area contributed by atoms with Crippen LogP contribution in [0.1, 0.15) is 10.7 Å². The fraction of sp³-hybridized carbons (Fsp3) is 0.100. The number of ether oxygens (including phenoxy) is 1. The number of hydrogen-bond donors (Lipinski definition) is 1. The number of rotatable bonds is 3. The van der Waals surface area contributed by atoms with Crippen LogP contribution in [0.4, 0.5) is 0 Å². The van der Waals surface area contributed by atoms with Crippen LogP contribution in [0, 0.1) is 0 Å². The monoisotopic (exact) mass is 219 g/mol. The van der Waals surface area contributed by atoms with Gasteiger partial charge in [0.25, 0.3) is 0 Å². The molecule has 0 fully saturated rings. The van der Waals surface area contributed by atoms with Gasteiger partial charge in [-0.05, 0) is 12.1 Å². The maximum atomic E-state index is 10.8. The lowest BCUT2D eigenvalue weighted by atomic mass is 10.2. The van der Waals surface area contributed by atoms with Gasteiger partial charge in [-0.25, -0.2) is 0 Å². The zero-order valence-corrected chi connectivity index (χ0v) is 8.51. The Morgan fingerprint density at radius 1 is 1.44 bits per heavy atom. The van der Waals surface area contributed by atoms with E-state index in [-0.39, 0.29) is 11.7 Å². The highest BCUT2D eigenvalue weighted by atomic mass is 16.5. The first-order chi connectivity index (χ1) is 7.72. The summed E-state index contributed by atoms with van der Waals surface area (Å²) in [5, 5.41) is 3.65. The number of hydrogen-bond acceptors (Lipinski definition) is 5. The topological polar surface area (TPSA) is 91.2 Å². The SMILES string of the molecule is COc1ccccc1-c1noc(C(N)=O)n1. The molecule has 6 nitrogen and oxygen atoms in total. The second-order valence-corrected chi connectivity index (χ2v) is 2.99. The van der Waals surface area contributed by atoms with E-state index in [0.29, 0.717) is 11.3 Å². The third-order valence-corrected chi connectivity index (χ3v) is 1.98. The molecule has 1 aromatic carbocycles. The van der Waals surface area contributed by atoms with Gasteiger partial charge in [0, 0.05) is 0 Å². The quantitative estimate of drug-likeness (QED) is 0.825. The van der Waals surface area contributed by atoms with E-state index in [1.807, 2.05) is 6.07 Å². The molecule has 0 aliphatic rings. The van der Waals surface area contributed by atoms with Gasteiger partial charge in [-0.3, -0.25) is 4.79 Å². The highest BCUT2D eigenvalue weighted by Crippen LogP contribution is 2.26. The van der Waals surface area contributed by atoms with E-state index in [9.17, 15) is 4.79 Å². The van der Waals surface area contributed by atoms with Crippen molar-refractivity contribution in [2.75, 3.05) is 7.11 Å². The van der Waals surface area contributed by atoms with Crippen molar-refractivity contribution in [1.29, 1.82) is 0 Å². The van der Waals surface area contributed by atoms with E-state index >= 15 is 0 Å². The molecule has 2 N–H and O–H groups in total. The summed E-state index contributed by atoms with van der Waals surface area (Å²) < 4.78 is 9.82. The molecule has 0 saturated carbocycles. The summed E-state index contributed by atoms with van der Waals surface area (Å²) in [5.74, 6) is -0.111. The summed E-state index contributed by atoms with van der Waals surface area (Å²) in [6.07, 6.45) is 0. The first-order valence-electron chi connectivity index (χ1n) is 4.49. The lowest BCUT2D eigenvalue weighted by Gasteiger charge is -2.02. The van der Waals surface area contributed by atoms with Crippen molar-refractivity contribution in [1.82, 2.24) is 10.1 Å². The van der Waals surface area contributed by atoms with E-state index in [2.05, 4.69) is 14.7 Å². The minimum absolute atomic E-state index is 0.221. The van der Waals surface area contributed by atoms with Crippen LogP contribution >= 0.6 is 0 Å². The average Bonchev–Trinajstić information content (AvgIpc) is 2.78. The van der Waals surface area contributed by atoms with Crippen LogP contribution in [0.3, 0.4) is 0 Å². The summed E-state index contributed by atoms with van der Waals surface area (Å²) >= 11 is 0. The second kappa shape index (κ2) is 4.01. The lowest BCUT2D eigenvalue weighted by Crippen LogP contribution is -2.11. The predicted molar refractivity (Wildman–Crippen MR) is 54.8 cm³/mol. The number of benzene rings is 1. The van der Waals surface area contributed by atoms with Crippen LogP contribution in [0.5, 0.6) is 5.75 Å². The Hall–Kier alpha value is -2.37. The van der Waals surface area contributed by atoms with E-state index in [0.717, 1.165) is 0 Å². The van der Waals surface area contributed by atoms with Gasteiger partial charge in [-0.1, -0.05) is 17.3 Å². The van der Waals surface area contributed by atoms with Gasteiger partial charge in [0.15, 0.2) is 0 Å². The highest BCUT2D eigenvalue weighted by Gasteiger charge is 2.15. The summed E-state index contributed by atoms with van der Waals surface area (Å²) in [6, 6.07) is 7.14. The van der Waals surface area contributed by atoms with Gasteiger partial charge < -0.3 is 15.0 Å². The standard InChI is InChI=1S/C10H9N3O3/c1-15-7-5-3-2-4-6(7)9-12-10(8(11)14)16-13-9/h2-5H,1H3,(H2,11,14). The Labute approximate surface area is 91.0 Å². The molecule has 1 amide bonds. The fourth-order valence-corrected chi connectivity index (χ4v) is 1.26. The van der Waals surface area contributed by atoms with E-state index in [4.69, 9.17) is 10.5 Å². The maximum absolute atomic E-state index is 10.8. The van der Waals surface area contributed by atoms with Crippen molar-refractivity contribution in [3.63, 3.8) is 0 Å². The first kappa shape index (κ1) is 10.2. The molecule has 2 aromatic rings. The summed E-state index contributed by atoms with van der Waals surface area (Å²) in [6.45, 7) is 0. The largest absolute Gasteiger partial charge is 0.496 e. The van der Waals surface area contributed by atoms with Gasteiger partial charge >= 0.3 is 11.8 Å². The number of carbonyl (C=O) groups excluding carboxylic acids is 1. The Balaban J connectivity index is 2.46. The van der Waals surface area contributed by atoms with E-state index in [1.165, 1.54) is 7.11 Å². The lowest BCUT2D eigenvalue weighted by molar-refractivity contribution is 0.0958. The van der Waals surface area contributed by atoms with Crippen LogP contribution in [-0.2, 0) is 0 Å². The second-order valence-electron chi connectivity index (χ2n) is 2.99. The molecule has 0 unspecified atom stereocenters. The van der Waals surface area contributed by atoms with Crippen LogP contribution < -0.4 is 10.5 Å². The van der Waals surface area contributed by atoms with E-state index in [1.54, 1.807) is 18.2 Å². The van der Waals surface area contributed by atoms with Gasteiger partial charge in [-0.15, -0.1) is 0 Å². The Morgan fingerprint density at radius 2 is 2.19 bits per heavy atom. The fourth-order valence-electron chi connectivity index (χ4n) is 1.26. The molecule has 2 rings (SSSR count). The van der Waals surface area contributed by atoms with Gasteiger partial charge in [0.05, 0.1) is 12.7 Å². The van der Waals surface area contributed by atoms with Crippen molar-refractivity contribution in [3.05, 3.63) is 30.2 Å². The molecule has 0 spiro atoms. The number of nitrogens with two attached hydrogens (primary N) is 1. The smallest absolute Gasteiger partial charge is 0.316 e. The predicted octanol–water partition coefficient (Wildman–Crippen LogP) is 0.844. The Kier molecular flexibility index (Phi) is 2.55. The zero-order valence-electron chi connectivity index (χ0n) is 8.51. The molecular weight excluding hydrogens is 210 g/mol. The van der Waals surface area contributed by atoms with Crippen LogP contribution in [-0.4, -0.2) is 23.2 Å². The number of amides is 1. The van der Waals surface area contributed by atoms with Crippen LogP contribution in [0.2, 0.25) is 0 Å². The molecule has 1 heterocycles. The average molecular weight is 219 g/mol. The zero-order chi connectivity index (χ0) is 11.5. The molecular formula is C10H9N3O3. The molecule has 0 aliphatic heterocycles. The Morgan fingerprint density at radius 3 is 2.81 bits per heavy atom. The van der Waals surface area contributed by atoms with Crippen molar-refractivity contribution >= 4 is 5.91 Å². The number of primary amides is 1. The van der Waals surface area contributed by atoms with Crippen molar-refractivity contribution in [2.45, 2.75) is 0 Å². The van der Waals surface area contributed by atoms with Gasteiger partial charge in [0.1, 0.15) is 5.75 Å². The number of aromatic nitrogens is 2. The number of methoxy groups -OCH3 is 1. The van der Waals surface area contributed by atoms with E-state index < -0.39 is 5.91 Å². The normalized spacial score (nSPS) is 10.1. The molecule has 0 saturated heterocycles. The molecule has 6 heteroatoms. The summed E-state index contributed by atoms with van der Waals surface area (Å²) in [4.78, 5) is 14.7. The highest BCUT2D eigenvalue weighted by molar-refractivity contribution is 5.88. The summed E-state index contributed by atoms with van der Waals surface area (Å²) in [7, 11) is 1.54. The minimum atomic E-state index is -0.756. The number of para-hydroxylation sites is 1. The molecule has 0 radical (unpaired) electrons. The maximum Gasteiger partial charge on any atom is 0.316 e. The minimum Gasteiger partial charge on any atom is -0.496 e.